The second-order valence-electron chi connectivity index (χ2n) is 4.08. The van der Waals surface area contributed by atoms with Crippen LogP contribution in [0, 0.1) is 0 Å². The van der Waals surface area contributed by atoms with Gasteiger partial charge in [0, 0.05) is 4.88 Å². The second kappa shape index (κ2) is 5.86. The number of unbranched alkanes of at least 4 members (excludes halogenated alkanes) is 2. The maximum atomic E-state index is 2.26. The van der Waals surface area contributed by atoms with E-state index in [1.54, 1.807) is 4.88 Å². The highest BCUT2D eigenvalue weighted by Crippen LogP contribution is 2.29. The van der Waals surface area contributed by atoms with E-state index < -0.39 is 0 Å². The molecule has 0 amide bonds. The third kappa shape index (κ3) is 2.73. The molecule has 1 aromatic carbocycles. The van der Waals surface area contributed by atoms with E-state index in [0.717, 1.165) is 0 Å². The average molecular weight is 230 g/mol. The minimum Gasteiger partial charge on any atom is -0.148 e. The molecule has 0 fully saturated rings. The molecule has 0 radical (unpaired) electrons. The van der Waals surface area contributed by atoms with Crippen LogP contribution in [0.4, 0.5) is 0 Å². The number of thiophene rings is 1. The van der Waals surface area contributed by atoms with Gasteiger partial charge in [0.25, 0.3) is 0 Å². The first-order chi connectivity index (χ1) is 7.92. The predicted molar refractivity (Wildman–Crippen MR) is 73.0 cm³/mol. The fourth-order valence-electron chi connectivity index (χ4n) is 1.94. The van der Waals surface area contributed by atoms with Crippen LogP contribution in [0.2, 0.25) is 0 Å². The Morgan fingerprint density at radius 2 is 1.81 bits per heavy atom. The summed E-state index contributed by atoms with van der Waals surface area (Å²) in [6, 6.07) is 13.0. The van der Waals surface area contributed by atoms with Gasteiger partial charge in [0.2, 0.25) is 0 Å². The quantitative estimate of drug-likeness (QED) is 0.623. The molecule has 0 spiro atoms. The largest absolute Gasteiger partial charge is 0.148 e. The van der Waals surface area contributed by atoms with Crippen molar-refractivity contribution in [3.05, 3.63) is 46.7 Å². The van der Waals surface area contributed by atoms with Gasteiger partial charge in [0.1, 0.15) is 0 Å². The van der Waals surface area contributed by atoms with E-state index >= 15 is 0 Å². The van der Waals surface area contributed by atoms with Crippen LogP contribution in [-0.2, 0) is 6.42 Å². The van der Waals surface area contributed by atoms with Gasteiger partial charge in [-0.05, 0) is 35.4 Å². The highest BCUT2D eigenvalue weighted by atomic mass is 32.1. The Hall–Kier alpha value is -1.08. The summed E-state index contributed by atoms with van der Waals surface area (Å²) in [6.45, 7) is 2.26. The number of hydrogen-bond donors (Lipinski definition) is 0. The van der Waals surface area contributed by atoms with Crippen molar-refractivity contribution in [1.82, 2.24) is 0 Å². The summed E-state index contributed by atoms with van der Waals surface area (Å²) in [6.07, 6.45) is 5.19. The van der Waals surface area contributed by atoms with E-state index in [0.29, 0.717) is 0 Å². The summed E-state index contributed by atoms with van der Waals surface area (Å²) in [5, 5.41) is 2.21. The van der Waals surface area contributed by atoms with Crippen molar-refractivity contribution in [3.8, 4) is 11.1 Å². The smallest absolute Gasteiger partial charge is 0.0124 e. The molecule has 0 nitrogen and oxygen atoms in total. The van der Waals surface area contributed by atoms with Crippen molar-refractivity contribution in [2.45, 2.75) is 32.6 Å². The van der Waals surface area contributed by atoms with Crippen LogP contribution in [0.5, 0.6) is 0 Å². The third-order valence-electron chi connectivity index (χ3n) is 2.84. The Morgan fingerprint density at radius 1 is 1.00 bits per heavy atom. The van der Waals surface area contributed by atoms with Crippen LogP contribution in [0.15, 0.2) is 41.8 Å². The van der Waals surface area contributed by atoms with Gasteiger partial charge in [0.15, 0.2) is 0 Å². The molecule has 0 unspecified atom stereocenters. The molecule has 0 aliphatic heterocycles. The van der Waals surface area contributed by atoms with Gasteiger partial charge in [-0.25, -0.2) is 0 Å². The molecule has 0 bridgehead atoms. The molecule has 0 aliphatic rings. The number of aryl methyl sites for hydroxylation is 1. The van der Waals surface area contributed by atoms with Crippen molar-refractivity contribution in [1.29, 1.82) is 0 Å². The SMILES string of the molecule is CCCCCc1sccc1-c1ccccc1. The number of benzene rings is 1. The molecule has 2 rings (SSSR count). The highest BCUT2D eigenvalue weighted by molar-refractivity contribution is 7.10. The number of rotatable bonds is 5. The van der Waals surface area contributed by atoms with Crippen LogP contribution in [0.3, 0.4) is 0 Å². The average Bonchev–Trinajstić information content (AvgIpc) is 2.79. The lowest BCUT2D eigenvalue weighted by Gasteiger charge is -2.03. The molecule has 1 aromatic heterocycles. The van der Waals surface area contributed by atoms with Gasteiger partial charge in [-0.15, -0.1) is 11.3 Å². The first-order valence-electron chi connectivity index (χ1n) is 6.03. The highest BCUT2D eigenvalue weighted by Gasteiger charge is 2.05. The lowest BCUT2D eigenvalue weighted by Crippen LogP contribution is -1.84. The molecule has 0 N–H and O–H groups in total. The van der Waals surface area contributed by atoms with Gasteiger partial charge in [-0.2, -0.15) is 0 Å². The van der Waals surface area contributed by atoms with Crippen molar-refractivity contribution >= 4 is 11.3 Å². The Morgan fingerprint density at radius 3 is 2.56 bits per heavy atom. The summed E-state index contributed by atoms with van der Waals surface area (Å²) < 4.78 is 0. The third-order valence-corrected chi connectivity index (χ3v) is 3.82. The van der Waals surface area contributed by atoms with Gasteiger partial charge in [0.05, 0.1) is 0 Å². The van der Waals surface area contributed by atoms with Crippen molar-refractivity contribution < 1.29 is 0 Å². The summed E-state index contributed by atoms with van der Waals surface area (Å²) in [7, 11) is 0. The first-order valence-corrected chi connectivity index (χ1v) is 6.91. The molecule has 16 heavy (non-hydrogen) atoms. The molecule has 1 heteroatoms. The first kappa shape index (κ1) is 11.4. The lowest BCUT2D eigenvalue weighted by molar-refractivity contribution is 0.723. The van der Waals surface area contributed by atoms with E-state index in [4.69, 9.17) is 0 Å². The molecule has 0 aliphatic carbocycles. The molecular formula is C15H18S. The topological polar surface area (TPSA) is 0 Å². The minimum atomic E-state index is 1.23. The Labute approximate surface area is 102 Å². The molecule has 0 saturated heterocycles. The zero-order chi connectivity index (χ0) is 11.2. The van der Waals surface area contributed by atoms with Gasteiger partial charge >= 0.3 is 0 Å². The normalized spacial score (nSPS) is 10.6. The van der Waals surface area contributed by atoms with E-state index in [1.165, 1.54) is 36.8 Å². The summed E-state index contributed by atoms with van der Waals surface area (Å²) >= 11 is 1.89. The van der Waals surface area contributed by atoms with Crippen LogP contribution in [0.1, 0.15) is 31.1 Å². The van der Waals surface area contributed by atoms with Crippen molar-refractivity contribution in [2.75, 3.05) is 0 Å². The summed E-state index contributed by atoms with van der Waals surface area (Å²) in [5.41, 5.74) is 2.79. The standard InChI is InChI=1S/C15H18S/c1-2-3-5-10-15-14(11-12-16-15)13-8-6-4-7-9-13/h4,6-9,11-12H,2-3,5,10H2,1H3. The molecule has 0 saturated carbocycles. The van der Waals surface area contributed by atoms with E-state index in [2.05, 4.69) is 48.7 Å². The van der Waals surface area contributed by atoms with E-state index in [9.17, 15) is 0 Å². The van der Waals surface area contributed by atoms with Gasteiger partial charge in [-0.3, -0.25) is 0 Å². The molecule has 2 aromatic rings. The maximum absolute atomic E-state index is 2.26. The van der Waals surface area contributed by atoms with Crippen LogP contribution in [-0.4, -0.2) is 0 Å². The predicted octanol–water partition coefficient (Wildman–Crippen LogP) is 5.15. The minimum absolute atomic E-state index is 1.23. The maximum Gasteiger partial charge on any atom is 0.0124 e. The van der Waals surface area contributed by atoms with Crippen LogP contribution in [0.25, 0.3) is 11.1 Å². The van der Waals surface area contributed by atoms with Gasteiger partial charge in [-0.1, -0.05) is 50.1 Å². The number of hydrogen-bond acceptors (Lipinski definition) is 1. The zero-order valence-electron chi connectivity index (χ0n) is 9.78. The Kier molecular flexibility index (Phi) is 4.17. The van der Waals surface area contributed by atoms with Crippen LogP contribution < -0.4 is 0 Å². The molecule has 84 valence electrons. The molecular weight excluding hydrogens is 212 g/mol. The molecule has 1 heterocycles. The summed E-state index contributed by atoms with van der Waals surface area (Å²) in [4.78, 5) is 1.54. The fraction of sp³-hybridized carbons (Fsp3) is 0.333. The van der Waals surface area contributed by atoms with Crippen LogP contribution >= 0.6 is 11.3 Å². The van der Waals surface area contributed by atoms with Crippen molar-refractivity contribution in [3.63, 3.8) is 0 Å². The zero-order valence-corrected chi connectivity index (χ0v) is 10.6. The Bertz CT molecular complexity index is 414. The monoisotopic (exact) mass is 230 g/mol. The van der Waals surface area contributed by atoms with E-state index in [1.807, 2.05) is 11.3 Å². The second-order valence-corrected chi connectivity index (χ2v) is 5.08. The van der Waals surface area contributed by atoms with Crippen molar-refractivity contribution in [2.24, 2.45) is 0 Å². The molecule has 0 atom stereocenters. The summed E-state index contributed by atoms with van der Waals surface area (Å²) in [5.74, 6) is 0. The Balaban J connectivity index is 2.13. The lowest BCUT2D eigenvalue weighted by atomic mass is 10.0. The van der Waals surface area contributed by atoms with Gasteiger partial charge < -0.3 is 0 Å². The fourth-order valence-corrected chi connectivity index (χ4v) is 2.89. The van der Waals surface area contributed by atoms with E-state index in [-0.39, 0.29) is 0 Å².